The average molecular weight is 294 g/mol. The third kappa shape index (κ3) is 2.44. The normalized spacial score (nSPS) is 19.6. The standard InChI is InChI=1S/C15H22N2O2S/c1-10-3-8-14(16)11(2)15(10)20(18,19)17(13-6-7-13)9-12-4-5-12/h3,8,12-13H,4-7,9,16H2,1-2H3. The van der Waals surface area contributed by atoms with E-state index in [0.717, 1.165) is 31.2 Å². The Morgan fingerprint density at radius 3 is 2.40 bits per heavy atom. The van der Waals surface area contributed by atoms with E-state index in [1.165, 1.54) is 0 Å². The van der Waals surface area contributed by atoms with Gasteiger partial charge in [0.05, 0.1) is 4.90 Å². The van der Waals surface area contributed by atoms with Crippen molar-refractivity contribution in [2.45, 2.75) is 50.5 Å². The lowest BCUT2D eigenvalue weighted by Gasteiger charge is -2.24. The summed E-state index contributed by atoms with van der Waals surface area (Å²) in [6.45, 7) is 4.33. The number of sulfonamides is 1. The third-order valence-corrected chi connectivity index (χ3v) is 6.51. The van der Waals surface area contributed by atoms with Crippen molar-refractivity contribution in [2.24, 2.45) is 5.92 Å². The molecule has 2 saturated carbocycles. The van der Waals surface area contributed by atoms with Gasteiger partial charge in [-0.05, 0) is 62.6 Å². The van der Waals surface area contributed by atoms with Crippen LogP contribution in [0.1, 0.15) is 36.8 Å². The van der Waals surface area contributed by atoms with Crippen LogP contribution in [0.25, 0.3) is 0 Å². The van der Waals surface area contributed by atoms with Gasteiger partial charge in [0.2, 0.25) is 10.0 Å². The van der Waals surface area contributed by atoms with Crippen LogP contribution >= 0.6 is 0 Å². The molecule has 0 radical (unpaired) electrons. The number of nitrogen functional groups attached to an aromatic ring is 1. The van der Waals surface area contributed by atoms with Crippen LogP contribution in [0.2, 0.25) is 0 Å². The first-order valence-electron chi connectivity index (χ1n) is 7.29. The SMILES string of the molecule is Cc1ccc(N)c(C)c1S(=O)(=O)N(CC1CC1)C1CC1. The molecule has 2 fully saturated rings. The topological polar surface area (TPSA) is 63.4 Å². The highest BCUT2D eigenvalue weighted by molar-refractivity contribution is 7.89. The summed E-state index contributed by atoms with van der Waals surface area (Å²) in [5, 5.41) is 0. The van der Waals surface area contributed by atoms with Gasteiger partial charge in [0, 0.05) is 18.3 Å². The molecule has 0 unspecified atom stereocenters. The van der Waals surface area contributed by atoms with E-state index in [2.05, 4.69) is 0 Å². The van der Waals surface area contributed by atoms with E-state index in [-0.39, 0.29) is 6.04 Å². The molecule has 0 saturated heterocycles. The molecule has 20 heavy (non-hydrogen) atoms. The second-order valence-corrected chi connectivity index (χ2v) is 8.00. The van der Waals surface area contributed by atoms with Gasteiger partial charge in [-0.3, -0.25) is 0 Å². The van der Waals surface area contributed by atoms with Crippen molar-refractivity contribution in [3.63, 3.8) is 0 Å². The first-order valence-corrected chi connectivity index (χ1v) is 8.73. The molecule has 5 heteroatoms. The van der Waals surface area contributed by atoms with Crippen molar-refractivity contribution in [3.8, 4) is 0 Å². The molecule has 1 aromatic rings. The lowest BCUT2D eigenvalue weighted by Crippen LogP contribution is -2.35. The predicted molar refractivity (Wildman–Crippen MR) is 80.0 cm³/mol. The van der Waals surface area contributed by atoms with Crippen LogP contribution in [0.3, 0.4) is 0 Å². The van der Waals surface area contributed by atoms with Crippen LogP contribution in [0, 0.1) is 19.8 Å². The molecular formula is C15H22N2O2S. The minimum Gasteiger partial charge on any atom is -0.398 e. The smallest absolute Gasteiger partial charge is 0.243 e. The number of rotatable bonds is 5. The maximum atomic E-state index is 13.0. The Balaban J connectivity index is 2.03. The molecule has 2 aliphatic carbocycles. The van der Waals surface area contributed by atoms with Gasteiger partial charge in [0.25, 0.3) is 0 Å². The fraction of sp³-hybridized carbons (Fsp3) is 0.600. The summed E-state index contributed by atoms with van der Waals surface area (Å²) in [6.07, 6.45) is 4.31. The van der Waals surface area contributed by atoms with Gasteiger partial charge in [-0.1, -0.05) is 6.07 Å². The molecule has 0 spiro atoms. The minimum atomic E-state index is -3.42. The maximum Gasteiger partial charge on any atom is 0.243 e. The van der Waals surface area contributed by atoms with Crippen LogP contribution in [0.5, 0.6) is 0 Å². The van der Waals surface area contributed by atoms with E-state index in [1.54, 1.807) is 23.4 Å². The summed E-state index contributed by atoms with van der Waals surface area (Å²) in [5.41, 5.74) is 7.94. The zero-order valence-electron chi connectivity index (χ0n) is 12.1. The Hall–Kier alpha value is -1.07. The second-order valence-electron chi connectivity index (χ2n) is 6.18. The van der Waals surface area contributed by atoms with E-state index in [4.69, 9.17) is 5.73 Å². The summed E-state index contributed by atoms with van der Waals surface area (Å²) in [7, 11) is -3.42. The van der Waals surface area contributed by atoms with Gasteiger partial charge in [-0.15, -0.1) is 0 Å². The first kappa shape index (κ1) is 13.9. The van der Waals surface area contributed by atoms with E-state index >= 15 is 0 Å². The first-order chi connectivity index (χ1) is 9.41. The Labute approximate surface area is 121 Å². The van der Waals surface area contributed by atoms with Crippen molar-refractivity contribution in [1.29, 1.82) is 0 Å². The Morgan fingerprint density at radius 2 is 1.85 bits per heavy atom. The van der Waals surface area contributed by atoms with Crippen molar-refractivity contribution < 1.29 is 8.42 Å². The van der Waals surface area contributed by atoms with Gasteiger partial charge in [0.1, 0.15) is 0 Å². The number of anilines is 1. The maximum absolute atomic E-state index is 13.0. The van der Waals surface area contributed by atoms with E-state index in [9.17, 15) is 8.42 Å². The van der Waals surface area contributed by atoms with Crippen molar-refractivity contribution in [3.05, 3.63) is 23.3 Å². The Bertz CT molecular complexity index is 632. The Morgan fingerprint density at radius 1 is 1.20 bits per heavy atom. The molecule has 0 atom stereocenters. The highest BCUT2D eigenvalue weighted by atomic mass is 32.2. The Kier molecular flexibility index (Phi) is 3.29. The molecule has 3 rings (SSSR count). The molecule has 0 heterocycles. The lowest BCUT2D eigenvalue weighted by atomic mass is 10.1. The van der Waals surface area contributed by atoms with E-state index in [0.29, 0.717) is 28.6 Å². The molecule has 4 nitrogen and oxygen atoms in total. The lowest BCUT2D eigenvalue weighted by molar-refractivity contribution is 0.388. The molecule has 2 aliphatic rings. The number of hydrogen-bond acceptors (Lipinski definition) is 3. The number of nitrogens with zero attached hydrogens (tertiary/aromatic N) is 1. The van der Waals surface area contributed by atoms with Gasteiger partial charge < -0.3 is 5.73 Å². The van der Waals surface area contributed by atoms with Gasteiger partial charge in [0.15, 0.2) is 0 Å². The van der Waals surface area contributed by atoms with E-state index < -0.39 is 10.0 Å². The fourth-order valence-electron chi connectivity index (χ4n) is 2.72. The zero-order chi connectivity index (χ0) is 14.5. The van der Waals surface area contributed by atoms with Crippen molar-refractivity contribution in [1.82, 2.24) is 4.31 Å². The molecular weight excluding hydrogens is 272 g/mol. The minimum absolute atomic E-state index is 0.209. The van der Waals surface area contributed by atoms with Gasteiger partial charge >= 0.3 is 0 Å². The summed E-state index contributed by atoms with van der Waals surface area (Å²) < 4.78 is 27.8. The molecule has 0 bridgehead atoms. The summed E-state index contributed by atoms with van der Waals surface area (Å²) in [6, 6.07) is 3.80. The van der Waals surface area contributed by atoms with Crippen LogP contribution in [-0.4, -0.2) is 25.3 Å². The van der Waals surface area contributed by atoms with Crippen LogP contribution in [0.4, 0.5) is 5.69 Å². The second kappa shape index (κ2) is 4.74. The number of hydrogen-bond donors (Lipinski definition) is 1. The summed E-state index contributed by atoms with van der Waals surface area (Å²) in [5.74, 6) is 0.562. The van der Waals surface area contributed by atoms with Gasteiger partial charge in [-0.25, -0.2) is 8.42 Å². The average Bonchev–Trinajstić information content (AvgIpc) is 3.24. The summed E-state index contributed by atoms with van der Waals surface area (Å²) >= 11 is 0. The van der Waals surface area contributed by atoms with Crippen LogP contribution < -0.4 is 5.73 Å². The quantitative estimate of drug-likeness (QED) is 0.848. The van der Waals surface area contributed by atoms with Gasteiger partial charge in [-0.2, -0.15) is 4.31 Å². The molecule has 2 N–H and O–H groups in total. The molecule has 110 valence electrons. The number of nitrogens with two attached hydrogens (primary N) is 1. The van der Waals surface area contributed by atoms with E-state index in [1.807, 2.05) is 6.92 Å². The number of aryl methyl sites for hydroxylation is 1. The molecule has 0 aliphatic heterocycles. The highest BCUT2D eigenvalue weighted by Gasteiger charge is 2.42. The predicted octanol–water partition coefficient (Wildman–Crippen LogP) is 2.45. The highest BCUT2D eigenvalue weighted by Crippen LogP contribution is 2.39. The van der Waals surface area contributed by atoms with Crippen LogP contribution in [-0.2, 0) is 10.0 Å². The third-order valence-electron chi connectivity index (χ3n) is 4.30. The molecule has 0 aromatic heterocycles. The zero-order valence-corrected chi connectivity index (χ0v) is 12.9. The summed E-state index contributed by atoms with van der Waals surface area (Å²) in [4.78, 5) is 0.421. The monoisotopic (exact) mass is 294 g/mol. The number of benzene rings is 1. The van der Waals surface area contributed by atoms with Crippen molar-refractivity contribution in [2.75, 3.05) is 12.3 Å². The van der Waals surface area contributed by atoms with Crippen LogP contribution in [0.15, 0.2) is 17.0 Å². The van der Waals surface area contributed by atoms with Crippen molar-refractivity contribution >= 4 is 15.7 Å². The fourth-order valence-corrected chi connectivity index (χ4v) is 4.94. The molecule has 1 aromatic carbocycles. The molecule has 0 amide bonds. The largest absolute Gasteiger partial charge is 0.398 e.